The zero-order valence-corrected chi connectivity index (χ0v) is 9.39. The van der Waals surface area contributed by atoms with E-state index < -0.39 is 0 Å². The Bertz CT molecular complexity index is 297. The van der Waals surface area contributed by atoms with Crippen molar-refractivity contribution in [2.75, 3.05) is 0 Å². The Balaban J connectivity index is 1.90. The lowest BCUT2D eigenvalue weighted by Gasteiger charge is -2.24. The van der Waals surface area contributed by atoms with Crippen LogP contribution < -0.4 is 0 Å². The third-order valence-electron chi connectivity index (χ3n) is 2.88. The molecule has 1 aliphatic carbocycles. The van der Waals surface area contributed by atoms with Gasteiger partial charge in [0.05, 0.1) is 11.1 Å². The van der Waals surface area contributed by atoms with Gasteiger partial charge in [0.1, 0.15) is 0 Å². The quantitative estimate of drug-likeness (QED) is 0.815. The molecule has 2 nitrogen and oxygen atoms in total. The number of thiazole rings is 1. The fraction of sp³-hybridized carbons (Fsp3) is 0.727. The average molecular weight is 211 g/mol. The molecule has 1 saturated carbocycles. The van der Waals surface area contributed by atoms with E-state index in [1.165, 1.54) is 17.8 Å². The van der Waals surface area contributed by atoms with Gasteiger partial charge in [-0.1, -0.05) is 6.42 Å². The highest BCUT2D eigenvalue weighted by Gasteiger charge is 2.21. The summed E-state index contributed by atoms with van der Waals surface area (Å²) in [6, 6.07) is 0. The topological polar surface area (TPSA) is 33.1 Å². The molecule has 0 radical (unpaired) electrons. The Morgan fingerprint density at radius 3 is 3.07 bits per heavy atom. The van der Waals surface area contributed by atoms with Crippen LogP contribution in [0.1, 0.15) is 36.4 Å². The number of aliphatic hydroxyl groups is 1. The monoisotopic (exact) mass is 211 g/mol. The lowest BCUT2D eigenvalue weighted by atomic mass is 9.85. The predicted molar refractivity (Wildman–Crippen MR) is 58.5 cm³/mol. The molecule has 1 aromatic heterocycles. The van der Waals surface area contributed by atoms with Crippen molar-refractivity contribution in [3.8, 4) is 0 Å². The summed E-state index contributed by atoms with van der Waals surface area (Å²) in [5, 5.41) is 12.9. The Morgan fingerprint density at radius 2 is 2.43 bits per heavy atom. The molecule has 1 N–H and O–H groups in total. The van der Waals surface area contributed by atoms with E-state index in [0.29, 0.717) is 5.92 Å². The van der Waals surface area contributed by atoms with Crippen molar-refractivity contribution in [2.24, 2.45) is 5.92 Å². The zero-order chi connectivity index (χ0) is 9.97. The first kappa shape index (κ1) is 10.1. The van der Waals surface area contributed by atoms with Gasteiger partial charge in [0, 0.05) is 17.5 Å². The number of aryl methyl sites for hydroxylation is 1. The van der Waals surface area contributed by atoms with Crippen molar-refractivity contribution >= 4 is 11.3 Å². The number of hydrogen-bond donors (Lipinski definition) is 1. The summed E-state index contributed by atoms with van der Waals surface area (Å²) >= 11 is 1.75. The molecule has 78 valence electrons. The highest BCUT2D eigenvalue weighted by Crippen LogP contribution is 2.28. The summed E-state index contributed by atoms with van der Waals surface area (Å²) in [5.41, 5.74) is 1.13. The van der Waals surface area contributed by atoms with Crippen LogP contribution >= 0.6 is 11.3 Å². The van der Waals surface area contributed by atoms with E-state index in [1.54, 1.807) is 11.3 Å². The lowest BCUT2D eigenvalue weighted by Crippen LogP contribution is -2.20. The van der Waals surface area contributed by atoms with Gasteiger partial charge in [0.15, 0.2) is 0 Å². The summed E-state index contributed by atoms with van der Waals surface area (Å²) in [6.07, 6.45) is 5.41. The van der Waals surface area contributed by atoms with Crippen molar-refractivity contribution in [1.29, 1.82) is 0 Å². The normalized spacial score (nSPS) is 27.9. The van der Waals surface area contributed by atoms with Gasteiger partial charge in [-0.15, -0.1) is 11.3 Å². The van der Waals surface area contributed by atoms with E-state index in [2.05, 4.69) is 10.4 Å². The average Bonchev–Trinajstić information content (AvgIpc) is 2.51. The van der Waals surface area contributed by atoms with Gasteiger partial charge in [0.25, 0.3) is 0 Å². The summed E-state index contributed by atoms with van der Waals surface area (Å²) < 4.78 is 0. The molecule has 2 rings (SSSR count). The van der Waals surface area contributed by atoms with Crippen LogP contribution in [0.4, 0.5) is 0 Å². The molecular weight excluding hydrogens is 194 g/mol. The number of rotatable bonds is 2. The van der Waals surface area contributed by atoms with Crippen molar-refractivity contribution in [3.05, 3.63) is 16.1 Å². The summed E-state index contributed by atoms with van der Waals surface area (Å²) in [4.78, 5) is 4.47. The molecule has 1 aliphatic rings. The third kappa shape index (κ3) is 2.55. The van der Waals surface area contributed by atoms with Gasteiger partial charge in [-0.25, -0.2) is 4.98 Å². The first-order valence-corrected chi connectivity index (χ1v) is 6.21. The Labute approximate surface area is 89.0 Å². The van der Waals surface area contributed by atoms with Gasteiger partial charge in [0.2, 0.25) is 0 Å². The van der Waals surface area contributed by atoms with Crippen molar-refractivity contribution in [3.63, 3.8) is 0 Å². The number of nitrogens with zero attached hydrogens (tertiary/aromatic N) is 1. The second-order valence-electron chi connectivity index (χ2n) is 4.27. The number of aromatic nitrogens is 1. The number of hydrogen-bond acceptors (Lipinski definition) is 3. The minimum Gasteiger partial charge on any atom is -0.393 e. The Kier molecular flexibility index (Phi) is 3.19. The van der Waals surface area contributed by atoms with Gasteiger partial charge in [-0.05, 0) is 32.1 Å². The second-order valence-corrected chi connectivity index (χ2v) is 5.22. The molecule has 0 aromatic carbocycles. The van der Waals surface area contributed by atoms with E-state index in [9.17, 15) is 5.11 Å². The molecule has 0 amide bonds. The molecule has 2 atom stereocenters. The molecule has 1 fully saturated rings. The van der Waals surface area contributed by atoms with E-state index in [4.69, 9.17) is 0 Å². The van der Waals surface area contributed by atoms with Gasteiger partial charge in [-0.3, -0.25) is 0 Å². The predicted octanol–water partition coefficient (Wildman–Crippen LogP) is 2.55. The highest BCUT2D eigenvalue weighted by molar-refractivity contribution is 7.09. The summed E-state index contributed by atoms with van der Waals surface area (Å²) in [5.74, 6) is 0.657. The van der Waals surface area contributed by atoms with Crippen LogP contribution in [0.2, 0.25) is 0 Å². The Morgan fingerprint density at radius 1 is 1.57 bits per heavy atom. The maximum Gasteiger partial charge on any atom is 0.0930 e. The molecule has 2 unspecified atom stereocenters. The van der Waals surface area contributed by atoms with Crippen LogP contribution in [0.5, 0.6) is 0 Å². The maximum absolute atomic E-state index is 9.55. The van der Waals surface area contributed by atoms with Crippen LogP contribution in [0.25, 0.3) is 0 Å². The molecular formula is C11H17NOS. The molecule has 0 saturated heterocycles. The van der Waals surface area contributed by atoms with Gasteiger partial charge in [-0.2, -0.15) is 0 Å². The van der Waals surface area contributed by atoms with E-state index in [-0.39, 0.29) is 6.10 Å². The number of aliphatic hydroxyl groups excluding tert-OH is 1. The molecule has 1 aromatic rings. The van der Waals surface area contributed by atoms with E-state index in [1.807, 2.05) is 6.92 Å². The minimum atomic E-state index is -0.0604. The van der Waals surface area contributed by atoms with Gasteiger partial charge >= 0.3 is 0 Å². The molecule has 14 heavy (non-hydrogen) atoms. The lowest BCUT2D eigenvalue weighted by molar-refractivity contribution is 0.101. The van der Waals surface area contributed by atoms with Gasteiger partial charge < -0.3 is 5.11 Å². The van der Waals surface area contributed by atoms with Crippen LogP contribution in [-0.2, 0) is 6.42 Å². The standard InChI is InChI=1S/C11H17NOS/c1-8-7-14-11(12-8)6-9-3-2-4-10(13)5-9/h7,9-10,13H,2-6H2,1H3. The SMILES string of the molecule is Cc1csc(CC2CCCC(O)C2)n1. The minimum absolute atomic E-state index is 0.0604. The van der Waals surface area contributed by atoms with Crippen LogP contribution in [0.3, 0.4) is 0 Å². The van der Waals surface area contributed by atoms with Crippen LogP contribution in [0.15, 0.2) is 5.38 Å². The molecule has 3 heteroatoms. The second kappa shape index (κ2) is 4.41. The van der Waals surface area contributed by atoms with Crippen molar-refractivity contribution < 1.29 is 5.11 Å². The van der Waals surface area contributed by atoms with Crippen LogP contribution in [0, 0.1) is 12.8 Å². The fourth-order valence-electron chi connectivity index (χ4n) is 2.19. The molecule has 0 aliphatic heterocycles. The van der Waals surface area contributed by atoms with E-state index in [0.717, 1.165) is 25.0 Å². The highest BCUT2D eigenvalue weighted by atomic mass is 32.1. The summed E-state index contributed by atoms with van der Waals surface area (Å²) in [6.45, 7) is 2.04. The molecule has 0 spiro atoms. The van der Waals surface area contributed by atoms with Crippen LogP contribution in [-0.4, -0.2) is 16.2 Å². The van der Waals surface area contributed by atoms with Crippen molar-refractivity contribution in [1.82, 2.24) is 4.98 Å². The first-order valence-electron chi connectivity index (χ1n) is 5.33. The third-order valence-corrected chi connectivity index (χ3v) is 3.87. The first-order chi connectivity index (χ1) is 6.74. The largest absolute Gasteiger partial charge is 0.393 e. The molecule has 0 bridgehead atoms. The fourth-order valence-corrected chi connectivity index (χ4v) is 3.08. The van der Waals surface area contributed by atoms with E-state index >= 15 is 0 Å². The smallest absolute Gasteiger partial charge is 0.0930 e. The van der Waals surface area contributed by atoms with Crippen molar-refractivity contribution in [2.45, 2.75) is 45.1 Å². The maximum atomic E-state index is 9.55. The zero-order valence-electron chi connectivity index (χ0n) is 8.57. The molecule has 1 heterocycles. The Hall–Kier alpha value is -0.410. The summed E-state index contributed by atoms with van der Waals surface area (Å²) in [7, 11) is 0.